The van der Waals surface area contributed by atoms with Gasteiger partial charge in [0.25, 0.3) is 0 Å². The zero-order valence-corrected chi connectivity index (χ0v) is 9.61. The van der Waals surface area contributed by atoms with Crippen LogP contribution in [0.15, 0.2) is 42.9 Å². The molecular weight excluding hydrogens is 230 g/mol. The quantitative estimate of drug-likeness (QED) is 0.470. The van der Waals surface area contributed by atoms with E-state index >= 15 is 0 Å². The molecule has 0 unspecified atom stereocenters. The third-order valence-corrected chi connectivity index (χ3v) is 3.85. The van der Waals surface area contributed by atoms with Crippen LogP contribution in [-0.2, 0) is 0 Å². The third-order valence-electron chi connectivity index (χ3n) is 2.83. The van der Waals surface area contributed by atoms with Crippen molar-refractivity contribution in [3.8, 4) is 0 Å². The maximum absolute atomic E-state index is 4.67. The molecule has 0 amide bonds. The van der Waals surface area contributed by atoms with E-state index in [1.165, 1.54) is 0 Å². The number of rotatable bonds is 0. The second-order valence-corrected chi connectivity index (χ2v) is 4.90. The van der Waals surface area contributed by atoms with Crippen LogP contribution >= 0.6 is 11.3 Å². The number of hydrogen-bond donors (Lipinski definition) is 0. The van der Waals surface area contributed by atoms with Crippen molar-refractivity contribution in [1.29, 1.82) is 0 Å². The highest BCUT2D eigenvalue weighted by Crippen LogP contribution is 2.32. The average Bonchev–Trinajstić information content (AvgIpc) is 2.73. The molecule has 3 heterocycles. The summed E-state index contributed by atoms with van der Waals surface area (Å²) in [5.41, 5.74) is 2.03. The van der Waals surface area contributed by atoms with Crippen LogP contribution in [0.2, 0.25) is 0 Å². The van der Waals surface area contributed by atoms with E-state index in [1.54, 1.807) is 17.7 Å². The summed E-state index contributed by atoms with van der Waals surface area (Å²) in [5, 5.41) is 2.27. The molecule has 4 rings (SSSR count). The molecule has 0 saturated heterocycles. The molecule has 4 heteroatoms. The lowest BCUT2D eigenvalue weighted by atomic mass is 10.2. The normalized spacial score (nSPS) is 11.5. The second kappa shape index (κ2) is 3.21. The summed E-state index contributed by atoms with van der Waals surface area (Å²) in [7, 11) is 0. The highest BCUT2D eigenvalue weighted by molar-refractivity contribution is 7.25. The molecule has 0 aliphatic carbocycles. The molecule has 80 valence electrons. The summed E-state index contributed by atoms with van der Waals surface area (Å²) in [6.45, 7) is 0. The summed E-state index contributed by atoms with van der Waals surface area (Å²) in [6, 6.07) is 10.3. The first-order chi connectivity index (χ1) is 8.42. The van der Waals surface area contributed by atoms with Crippen LogP contribution in [0.1, 0.15) is 0 Å². The van der Waals surface area contributed by atoms with Crippen molar-refractivity contribution in [3.05, 3.63) is 42.9 Å². The molecule has 0 saturated carbocycles. The molecule has 0 fully saturated rings. The van der Waals surface area contributed by atoms with Gasteiger partial charge in [0.1, 0.15) is 11.2 Å². The standard InChI is InChI=1S/C13H7N3S/c1-2-4-10-8(3-1)5-9-12-11(6-14-7-15-12)17-13(9)16-10/h1-7H. The smallest absolute Gasteiger partial charge is 0.126 e. The van der Waals surface area contributed by atoms with Gasteiger partial charge in [0.05, 0.1) is 15.7 Å². The van der Waals surface area contributed by atoms with Crippen molar-refractivity contribution in [2.45, 2.75) is 0 Å². The molecule has 0 spiro atoms. The fourth-order valence-electron chi connectivity index (χ4n) is 2.04. The molecule has 0 atom stereocenters. The predicted molar refractivity (Wildman–Crippen MR) is 70.2 cm³/mol. The molecule has 17 heavy (non-hydrogen) atoms. The van der Waals surface area contributed by atoms with Gasteiger partial charge < -0.3 is 0 Å². The maximum Gasteiger partial charge on any atom is 0.126 e. The van der Waals surface area contributed by atoms with E-state index < -0.39 is 0 Å². The van der Waals surface area contributed by atoms with Gasteiger partial charge in [0.2, 0.25) is 0 Å². The minimum absolute atomic E-state index is 0.998. The first kappa shape index (κ1) is 9.01. The molecule has 4 aromatic rings. The number of aromatic nitrogens is 3. The van der Waals surface area contributed by atoms with Gasteiger partial charge in [-0.05, 0) is 12.1 Å². The minimum Gasteiger partial charge on any atom is -0.243 e. The molecule has 0 radical (unpaired) electrons. The lowest BCUT2D eigenvalue weighted by Gasteiger charge is -1.96. The number of thiophene rings is 1. The second-order valence-electron chi connectivity index (χ2n) is 3.87. The molecule has 0 aliphatic rings. The van der Waals surface area contributed by atoms with Crippen LogP contribution in [0.3, 0.4) is 0 Å². The van der Waals surface area contributed by atoms with Gasteiger partial charge in [-0.1, -0.05) is 18.2 Å². The van der Waals surface area contributed by atoms with Gasteiger partial charge >= 0.3 is 0 Å². The van der Waals surface area contributed by atoms with Crippen LogP contribution in [0.4, 0.5) is 0 Å². The van der Waals surface area contributed by atoms with E-state index in [9.17, 15) is 0 Å². The van der Waals surface area contributed by atoms with Crippen molar-refractivity contribution in [2.75, 3.05) is 0 Å². The summed E-state index contributed by atoms with van der Waals surface area (Å²) in [5.74, 6) is 0. The topological polar surface area (TPSA) is 38.7 Å². The molecular formula is C13H7N3S. The first-order valence-corrected chi connectivity index (χ1v) is 6.11. The monoisotopic (exact) mass is 237 g/mol. The van der Waals surface area contributed by atoms with E-state index in [4.69, 9.17) is 0 Å². The van der Waals surface area contributed by atoms with E-state index in [1.807, 2.05) is 24.4 Å². The number of benzene rings is 1. The average molecular weight is 237 g/mol. The molecule has 0 N–H and O–H groups in total. The molecule has 3 nitrogen and oxygen atoms in total. The van der Waals surface area contributed by atoms with Crippen molar-refractivity contribution in [3.63, 3.8) is 0 Å². The number of para-hydroxylation sites is 1. The van der Waals surface area contributed by atoms with Crippen molar-refractivity contribution < 1.29 is 0 Å². The Labute approximate surface area is 101 Å². The summed E-state index contributed by atoms with van der Waals surface area (Å²) in [4.78, 5) is 14.1. The van der Waals surface area contributed by atoms with Gasteiger partial charge in [-0.25, -0.2) is 15.0 Å². The fourth-order valence-corrected chi connectivity index (χ4v) is 3.03. The summed E-state index contributed by atoms with van der Waals surface area (Å²) in [6.07, 6.45) is 3.43. The van der Waals surface area contributed by atoms with Crippen LogP contribution in [0, 0.1) is 0 Å². The lowest BCUT2D eigenvalue weighted by Crippen LogP contribution is -1.79. The summed E-state index contributed by atoms with van der Waals surface area (Å²) < 4.78 is 1.09. The number of hydrogen-bond acceptors (Lipinski definition) is 4. The Hall–Kier alpha value is -2.07. The van der Waals surface area contributed by atoms with Crippen molar-refractivity contribution in [1.82, 2.24) is 15.0 Å². The van der Waals surface area contributed by atoms with E-state index in [-0.39, 0.29) is 0 Å². The Morgan fingerprint density at radius 2 is 2.06 bits per heavy atom. The maximum atomic E-state index is 4.67. The number of fused-ring (bicyclic) bond motifs is 4. The van der Waals surface area contributed by atoms with Gasteiger partial charge in [0.15, 0.2) is 0 Å². The van der Waals surface area contributed by atoms with Crippen molar-refractivity contribution >= 4 is 42.7 Å². The number of pyridine rings is 1. The Kier molecular flexibility index (Phi) is 1.70. The van der Waals surface area contributed by atoms with Crippen molar-refractivity contribution in [2.24, 2.45) is 0 Å². The fraction of sp³-hybridized carbons (Fsp3) is 0. The molecule has 3 aromatic heterocycles. The Morgan fingerprint density at radius 1 is 1.12 bits per heavy atom. The van der Waals surface area contributed by atoms with Gasteiger partial charge in [-0.2, -0.15) is 0 Å². The minimum atomic E-state index is 0.998. The van der Waals surface area contributed by atoms with Crippen LogP contribution in [0.5, 0.6) is 0 Å². The lowest BCUT2D eigenvalue weighted by molar-refractivity contribution is 1.23. The van der Waals surface area contributed by atoms with Crippen LogP contribution in [0.25, 0.3) is 31.3 Å². The zero-order valence-electron chi connectivity index (χ0n) is 8.79. The Morgan fingerprint density at radius 3 is 3.06 bits per heavy atom. The Bertz CT molecular complexity index is 845. The SMILES string of the molecule is c1ccc2nc3sc4cncnc4c3cc2c1. The highest BCUT2D eigenvalue weighted by Gasteiger charge is 2.08. The largest absolute Gasteiger partial charge is 0.243 e. The predicted octanol–water partition coefficient (Wildman–Crippen LogP) is 3.39. The van der Waals surface area contributed by atoms with E-state index in [2.05, 4.69) is 27.1 Å². The van der Waals surface area contributed by atoms with Gasteiger partial charge in [0, 0.05) is 17.0 Å². The summed E-state index contributed by atoms with van der Waals surface area (Å²) >= 11 is 1.64. The van der Waals surface area contributed by atoms with E-state index in [0.717, 1.165) is 31.3 Å². The van der Waals surface area contributed by atoms with Crippen LogP contribution < -0.4 is 0 Å². The van der Waals surface area contributed by atoms with Gasteiger partial charge in [-0.15, -0.1) is 11.3 Å². The van der Waals surface area contributed by atoms with E-state index in [0.29, 0.717) is 0 Å². The molecule has 0 bridgehead atoms. The number of nitrogens with zero attached hydrogens (tertiary/aromatic N) is 3. The molecule has 0 aliphatic heterocycles. The van der Waals surface area contributed by atoms with Crippen LogP contribution in [-0.4, -0.2) is 15.0 Å². The Balaban J connectivity index is 2.28. The highest BCUT2D eigenvalue weighted by atomic mass is 32.1. The molecule has 1 aromatic carbocycles. The first-order valence-electron chi connectivity index (χ1n) is 5.30. The van der Waals surface area contributed by atoms with Gasteiger partial charge in [-0.3, -0.25) is 0 Å². The third kappa shape index (κ3) is 1.24. The zero-order chi connectivity index (χ0) is 11.2.